The summed E-state index contributed by atoms with van der Waals surface area (Å²) in [6.45, 7) is 1.58. The SMILES string of the molecule is c1ccc([P+](CCCOC2CCCCO2)(c2ccccc2)c2ccccc2)cc1. The average molecular weight is 405 g/mol. The van der Waals surface area contributed by atoms with Crippen molar-refractivity contribution in [2.75, 3.05) is 19.4 Å². The predicted molar refractivity (Wildman–Crippen MR) is 124 cm³/mol. The smallest absolute Gasteiger partial charge is 0.157 e. The lowest BCUT2D eigenvalue weighted by atomic mass is 10.2. The molecular formula is C26H30O2P+. The van der Waals surface area contributed by atoms with E-state index in [1.54, 1.807) is 0 Å². The lowest BCUT2D eigenvalue weighted by Gasteiger charge is -2.28. The Morgan fingerprint density at radius 2 is 1.24 bits per heavy atom. The highest BCUT2D eigenvalue weighted by molar-refractivity contribution is 7.95. The molecule has 29 heavy (non-hydrogen) atoms. The molecule has 2 nitrogen and oxygen atoms in total. The highest BCUT2D eigenvalue weighted by Gasteiger charge is 2.44. The van der Waals surface area contributed by atoms with Crippen LogP contribution in [0.2, 0.25) is 0 Å². The largest absolute Gasteiger partial charge is 0.353 e. The van der Waals surface area contributed by atoms with E-state index in [2.05, 4.69) is 91.0 Å². The van der Waals surface area contributed by atoms with Crippen LogP contribution in [0.15, 0.2) is 91.0 Å². The van der Waals surface area contributed by atoms with Gasteiger partial charge in [0.25, 0.3) is 0 Å². The second kappa shape index (κ2) is 10.2. The van der Waals surface area contributed by atoms with Crippen molar-refractivity contribution in [1.29, 1.82) is 0 Å². The third-order valence-corrected chi connectivity index (χ3v) is 10.2. The molecule has 0 bridgehead atoms. The monoisotopic (exact) mass is 405 g/mol. The van der Waals surface area contributed by atoms with Crippen LogP contribution in [-0.2, 0) is 9.47 Å². The molecule has 1 aliphatic heterocycles. The quantitative estimate of drug-likeness (QED) is 0.391. The minimum Gasteiger partial charge on any atom is -0.353 e. The molecular weight excluding hydrogens is 375 g/mol. The van der Waals surface area contributed by atoms with Crippen molar-refractivity contribution in [2.45, 2.75) is 32.0 Å². The van der Waals surface area contributed by atoms with Crippen molar-refractivity contribution in [3.63, 3.8) is 0 Å². The minimum atomic E-state index is -1.74. The zero-order chi connectivity index (χ0) is 19.8. The molecule has 0 spiro atoms. The van der Waals surface area contributed by atoms with Gasteiger partial charge < -0.3 is 9.47 Å². The van der Waals surface area contributed by atoms with Gasteiger partial charge >= 0.3 is 0 Å². The van der Waals surface area contributed by atoms with Crippen LogP contribution in [0, 0.1) is 0 Å². The maximum atomic E-state index is 6.08. The van der Waals surface area contributed by atoms with Crippen molar-refractivity contribution in [1.82, 2.24) is 0 Å². The Bertz CT molecular complexity index is 749. The first kappa shape index (κ1) is 20.3. The molecule has 1 aliphatic rings. The fraction of sp³-hybridized carbons (Fsp3) is 0.308. The van der Waals surface area contributed by atoms with E-state index >= 15 is 0 Å². The molecule has 1 atom stereocenters. The van der Waals surface area contributed by atoms with E-state index in [4.69, 9.17) is 9.47 Å². The second-order valence-electron chi connectivity index (χ2n) is 7.56. The summed E-state index contributed by atoms with van der Waals surface area (Å²) in [5.41, 5.74) is 0. The van der Waals surface area contributed by atoms with Crippen LogP contribution in [0.25, 0.3) is 0 Å². The molecule has 1 heterocycles. The van der Waals surface area contributed by atoms with E-state index in [9.17, 15) is 0 Å². The van der Waals surface area contributed by atoms with E-state index in [1.165, 1.54) is 22.3 Å². The Morgan fingerprint density at radius 1 is 0.724 bits per heavy atom. The zero-order valence-electron chi connectivity index (χ0n) is 17.0. The van der Waals surface area contributed by atoms with Crippen LogP contribution in [0.1, 0.15) is 25.7 Å². The molecule has 150 valence electrons. The first-order valence-corrected chi connectivity index (χ1v) is 12.7. The van der Waals surface area contributed by atoms with Crippen molar-refractivity contribution in [3.05, 3.63) is 91.0 Å². The summed E-state index contributed by atoms with van der Waals surface area (Å²) in [4.78, 5) is 0. The first-order chi connectivity index (χ1) is 14.4. The van der Waals surface area contributed by atoms with Crippen LogP contribution in [0.5, 0.6) is 0 Å². The predicted octanol–water partition coefficient (Wildman–Crippen LogP) is 4.91. The fourth-order valence-corrected chi connectivity index (χ4v) is 8.56. The lowest BCUT2D eigenvalue weighted by Crippen LogP contribution is -2.34. The van der Waals surface area contributed by atoms with Gasteiger partial charge in [0, 0.05) is 13.0 Å². The number of hydrogen-bond acceptors (Lipinski definition) is 2. The Labute approximate surface area is 175 Å². The molecule has 0 saturated carbocycles. The van der Waals surface area contributed by atoms with E-state index in [1.807, 2.05) is 0 Å². The summed E-state index contributed by atoms with van der Waals surface area (Å²) in [6, 6.07) is 33.2. The molecule has 3 aromatic rings. The summed E-state index contributed by atoms with van der Waals surface area (Å²) in [7, 11) is -1.74. The third kappa shape index (κ3) is 4.78. The molecule has 1 fully saturated rings. The zero-order valence-corrected chi connectivity index (χ0v) is 17.8. The van der Waals surface area contributed by atoms with Crippen LogP contribution in [0.3, 0.4) is 0 Å². The topological polar surface area (TPSA) is 18.5 Å². The van der Waals surface area contributed by atoms with E-state index in [-0.39, 0.29) is 6.29 Å². The molecule has 0 aromatic heterocycles. The standard InChI is InChI=1S/C26H30O2P/c1-4-13-23(14-5-1)29(24-15-6-2-7-16-24,25-17-8-3-9-18-25)22-12-21-28-26-19-10-11-20-27-26/h1-9,13-18,26H,10-12,19-22H2/q+1. The average Bonchev–Trinajstić information content (AvgIpc) is 2.82. The van der Waals surface area contributed by atoms with E-state index < -0.39 is 7.26 Å². The molecule has 0 N–H and O–H groups in total. The second-order valence-corrected chi connectivity index (χ2v) is 11.2. The number of ether oxygens (including phenoxy) is 2. The van der Waals surface area contributed by atoms with Gasteiger partial charge in [-0.2, -0.15) is 0 Å². The Balaban J connectivity index is 1.64. The van der Waals surface area contributed by atoms with Gasteiger partial charge in [0.15, 0.2) is 6.29 Å². The first-order valence-electron chi connectivity index (χ1n) is 10.7. The number of rotatable bonds is 8. The molecule has 3 heteroatoms. The number of benzene rings is 3. The summed E-state index contributed by atoms with van der Waals surface area (Å²) in [5.74, 6) is 0. The van der Waals surface area contributed by atoms with Crippen LogP contribution < -0.4 is 15.9 Å². The van der Waals surface area contributed by atoms with Gasteiger partial charge in [-0.05, 0) is 55.7 Å². The maximum Gasteiger partial charge on any atom is 0.157 e. The van der Waals surface area contributed by atoms with E-state index in [0.29, 0.717) is 0 Å². The van der Waals surface area contributed by atoms with Gasteiger partial charge in [-0.15, -0.1) is 0 Å². The molecule has 0 aliphatic carbocycles. The third-order valence-electron chi connectivity index (χ3n) is 5.67. The van der Waals surface area contributed by atoms with Gasteiger partial charge in [0.1, 0.15) is 23.2 Å². The van der Waals surface area contributed by atoms with Crippen LogP contribution in [-0.4, -0.2) is 25.7 Å². The summed E-state index contributed by atoms with van der Waals surface area (Å²) >= 11 is 0. The van der Waals surface area contributed by atoms with Gasteiger partial charge in [-0.1, -0.05) is 54.6 Å². The summed E-state index contributed by atoms with van der Waals surface area (Å²) < 4.78 is 11.8. The Morgan fingerprint density at radius 3 is 1.69 bits per heavy atom. The van der Waals surface area contributed by atoms with Crippen LogP contribution in [0.4, 0.5) is 0 Å². The molecule has 3 aromatic carbocycles. The highest BCUT2D eigenvalue weighted by atomic mass is 31.2. The van der Waals surface area contributed by atoms with Gasteiger partial charge in [0.05, 0.1) is 12.8 Å². The summed E-state index contributed by atoms with van der Waals surface area (Å²) in [5, 5.41) is 4.31. The maximum absolute atomic E-state index is 6.08. The normalized spacial score (nSPS) is 17.2. The van der Waals surface area contributed by atoms with Crippen molar-refractivity contribution in [3.8, 4) is 0 Å². The molecule has 0 radical (unpaired) electrons. The molecule has 0 amide bonds. The molecule has 4 rings (SSSR count). The molecule has 1 unspecified atom stereocenters. The van der Waals surface area contributed by atoms with Crippen molar-refractivity contribution >= 4 is 23.2 Å². The number of hydrogen-bond donors (Lipinski definition) is 0. The van der Waals surface area contributed by atoms with Gasteiger partial charge in [-0.25, -0.2) is 0 Å². The Hall–Kier alpha value is -1.99. The van der Waals surface area contributed by atoms with E-state index in [0.717, 1.165) is 38.6 Å². The highest BCUT2D eigenvalue weighted by Crippen LogP contribution is 2.55. The molecule has 1 saturated heterocycles. The van der Waals surface area contributed by atoms with Gasteiger partial charge in [-0.3, -0.25) is 0 Å². The summed E-state index contributed by atoms with van der Waals surface area (Å²) in [6.07, 6.45) is 5.49. The van der Waals surface area contributed by atoms with Crippen LogP contribution >= 0.6 is 7.26 Å². The van der Waals surface area contributed by atoms with Crippen molar-refractivity contribution < 1.29 is 9.47 Å². The Kier molecular flexibility index (Phi) is 7.11. The fourth-order valence-electron chi connectivity index (χ4n) is 4.24. The van der Waals surface area contributed by atoms with Gasteiger partial charge in [0.2, 0.25) is 0 Å². The lowest BCUT2D eigenvalue weighted by molar-refractivity contribution is -0.162. The minimum absolute atomic E-state index is 0.0124. The van der Waals surface area contributed by atoms with Crippen molar-refractivity contribution in [2.24, 2.45) is 0 Å².